The van der Waals surface area contributed by atoms with Gasteiger partial charge in [0, 0.05) is 17.2 Å². The SMILES string of the molecule is N=C(N)c1cc(F)ccc1COc1cc(F)c(Cl)cc1Br. The Hall–Kier alpha value is -1.66. The molecule has 21 heavy (non-hydrogen) atoms. The van der Waals surface area contributed by atoms with E-state index in [1.165, 1.54) is 18.2 Å². The summed E-state index contributed by atoms with van der Waals surface area (Å²) >= 11 is 8.85. The largest absolute Gasteiger partial charge is 0.488 e. The summed E-state index contributed by atoms with van der Waals surface area (Å²) in [6.07, 6.45) is 0. The molecule has 0 atom stereocenters. The number of amidine groups is 1. The van der Waals surface area contributed by atoms with Crippen molar-refractivity contribution >= 4 is 33.4 Å². The molecule has 110 valence electrons. The molecule has 0 unspecified atom stereocenters. The molecule has 0 spiro atoms. The fourth-order valence-electron chi connectivity index (χ4n) is 1.70. The third-order valence-corrected chi connectivity index (χ3v) is 3.63. The monoisotopic (exact) mass is 374 g/mol. The zero-order chi connectivity index (χ0) is 15.6. The quantitative estimate of drug-likeness (QED) is 0.477. The van der Waals surface area contributed by atoms with Gasteiger partial charge in [0.05, 0.1) is 9.50 Å². The lowest BCUT2D eigenvalue weighted by atomic mass is 10.1. The lowest BCUT2D eigenvalue weighted by Crippen LogP contribution is -2.15. The van der Waals surface area contributed by atoms with Gasteiger partial charge in [0.15, 0.2) is 0 Å². The molecular weight excluding hydrogens is 366 g/mol. The molecule has 3 N–H and O–H groups in total. The van der Waals surface area contributed by atoms with Crippen LogP contribution in [0.5, 0.6) is 5.75 Å². The van der Waals surface area contributed by atoms with Crippen molar-refractivity contribution in [3.05, 3.63) is 62.6 Å². The Morgan fingerprint density at radius 3 is 2.67 bits per heavy atom. The summed E-state index contributed by atoms with van der Waals surface area (Å²) in [6.45, 7) is 0.00880. The molecule has 0 saturated carbocycles. The smallest absolute Gasteiger partial charge is 0.145 e. The number of halogens is 4. The molecule has 0 saturated heterocycles. The minimum atomic E-state index is -0.610. The van der Waals surface area contributed by atoms with Gasteiger partial charge in [-0.25, -0.2) is 8.78 Å². The van der Waals surface area contributed by atoms with E-state index in [2.05, 4.69) is 15.9 Å². The van der Waals surface area contributed by atoms with Crippen LogP contribution in [0, 0.1) is 17.0 Å². The number of nitrogen functional groups attached to an aromatic ring is 1. The van der Waals surface area contributed by atoms with Crippen molar-refractivity contribution in [3.8, 4) is 5.75 Å². The fraction of sp³-hybridized carbons (Fsp3) is 0.0714. The number of nitrogens with one attached hydrogen (secondary N) is 1. The van der Waals surface area contributed by atoms with Crippen LogP contribution in [0.2, 0.25) is 5.02 Å². The molecule has 2 aromatic rings. The second-order valence-electron chi connectivity index (χ2n) is 4.20. The molecular formula is C14H10BrClF2N2O. The summed E-state index contributed by atoms with van der Waals surface area (Å²) in [5.41, 5.74) is 6.16. The minimum absolute atomic E-state index is 0.00880. The first-order chi connectivity index (χ1) is 9.88. The topological polar surface area (TPSA) is 59.1 Å². The Morgan fingerprint density at radius 2 is 2.00 bits per heavy atom. The van der Waals surface area contributed by atoms with Gasteiger partial charge >= 0.3 is 0 Å². The maximum Gasteiger partial charge on any atom is 0.145 e. The van der Waals surface area contributed by atoms with E-state index < -0.39 is 11.6 Å². The normalized spacial score (nSPS) is 10.5. The van der Waals surface area contributed by atoms with Crippen LogP contribution in [0.25, 0.3) is 0 Å². The molecule has 2 aromatic carbocycles. The summed E-state index contributed by atoms with van der Waals surface area (Å²) in [7, 11) is 0. The van der Waals surface area contributed by atoms with Gasteiger partial charge in [-0.1, -0.05) is 17.7 Å². The maximum atomic E-state index is 13.4. The Labute approximate surface area is 133 Å². The van der Waals surface area contributed by atoms with Crippen LogP contribution in [-0.2, 0) is 6.61 Å². The summed E-state index contributed by atoms with van der Waals surface area (Å²) in [5.74, 6) is -1.13. The molecule has 3 nitrogen and oxygen atoms in total. The van der Waals surface area contributed by atoms with Crippen LogP contribution in [0.3, 0.4) is 0 Å². The van der Waals surface area contributed by atoms with Gasteiger partial charge in [-0.05, 0) is 34.1 Å². The van der Waals surface area contributed by atoms with Gasteiger partial charge in [0.1, 0.15) is 29.8 Å². The van der Waals surface area contributed by atoms with E-state index >= 15 is 0 Å². The number of nitrogens with two attached hydrogens (primary N) is 1. The van der Waals surface area contributed by atoms with Gasteiger partial charge in [0.25, 0.3) is 0 Å². The van der Waals surface area contributed by atoms with Gasteiger partial charge < -0.3 is 10.5 Å². The van der Waals surface area contributed by atoms with Crippen LogP contribution in [0.1, 0.15) is 11.1 Å². The van der Waals surface area contributed by atoms with Crippen molar-refractivity contribution in [3.63, 3.8) is 0 Å². The highest BCUT2D eigenvalue weighted by Gasteiger charge is 2.11. The molecule has 0 aliphatic heterocycles. The lowest BCUT2D eigenvalue weighted by molar-refractivity contribution is 0.302. The van der Waals surface area contributed by atoms with Crippen LogP contribution in [-0.4, -0.2) is 5.84 Å². The summed E-state index contributed by atoms with van der Waals surface area (Å²) < 4.78 is 32.5. The molecule has 7 heteroatoms. The first-order valence-electron chi connectivity index (χ1n) is 5.78. The third kappa shape index (κ3) is 3.71. The fourth-order valence-corrected chi connectivity index (χ4v) is 2.45. The van der Waals surface area contributed by atoms with E-state index in [-0.39, 0.29) is 28.8 Å². The van der Waals surface area contributed by atoms with E-state index in [0.717, 1.165) is 12.1 Å². The van der Waals surface area contributed by atoms with Crippen molar-refractivity contribution < 1.29 is 13.5 Å². The number of ether oxygens (including phenoxy) is 1. The molecule has 0 aromatic heterocycles. The highest BCUT2D eigenvalue weighted by atomic mass is 79.9. The molecule has 0 bridgehead atoms. The molecule has 0 fully saturated rings. The average Bonchev–Trinajstić information content (AvgIpc) is 2.42. The van der Waals surface area contributed by atoms with Crippen molar-refractivity contribution in [2.75, 3.05) is 0 Å². The van der Waals surface area contributed by atoms with Gasteiger partial charge in [-0.15, -0.1) is 0 Å². The summed E-state index contributed by atoms with van der Waals surface area (Å²) in [4.78, 5) is 0. The van der Waals surface area contributed by atoms with Crippen LogP contribution in [0.4, 0.5) is 8.78 Å². The van der Waals surface area contributed by atoms with E-state index in [0.29, 0.717) is 10.0 Å². The molecule has 0 radical (unpaired) electrons. The maximum absolute atomic E-state index is 13.4. The zero-order valence-corrected chi connectivity index (χ0v) is 12.9. The van der Waals surface area contributed by atoms with Crippen LogP contribution >= 0.6 is 27.5 Å². The second-order valence-corrected chi connectivity index (χ2v) is 5.46. The second kappa shape index (κ2) is 6.41. The van der Waals surface area contributed by atoms with Crippen molar-refractivity contribution in [2.24, 2.45) is 5.73 Å². The summed E-state index contributed by atoms with van der Waals surface area (Å²) in [6, 6.07) is 6.37. The number of benzene rings is 2. The molecule has 0 amide bonds. The predicted molar refractivity (Wildman–Crippen MR) is 80.9 cm³/mol. The lowest BCUT2D eigenvalue weighted by Gasteiger charge is -2.12. The van der Waals surface area contributed by atoms with E-state index in [1.54, 1.807) is 0 Å². The van der Waals surface area contributed by atoms with E-state index in [4.69, 9.17) is 27.5 Å². The highest BCUT2D eigenvalue weighted by molar-refractivity contribution is 9.10. The van der Waals surface area contributed by atoms with Gasteiger partial charge in [0.2, 0.25) is 0 Å². The Bertz CT molecular complexity index is 710. The van der Waals surface area contributed by atoms with E-state index in [9.17, 15) is 8.78 Å². The van der Waals surface area contributed by atoms with Gasteiger partial charge in [-0.3, -0.25) is 5.41 Å². The Balaban J connectivity index is 2.25. The van der Waals surface area contributed by atoms with Crippen molar-refractivity contribution in [1.29, 1.82) is 5.41 Å². The highest BCUT2D eigenvalue weighted by Crippen LogP contribution is 2.31. The average molecular weight is 376 g/mol. The van der Waals surface area contributed by atoms with Crippen molar-refractivity contribution in [1.82, 2.24) is 0 Å². The molecule has 0 heterocycles. The predicted octanol–water partition coefficient (Wildman–Crippen LogP) is 4.24. The van der Waals surface area contributed by atoms with E-state index in [1.807, 2.05) is 0 Å². The zero-order valence-electron chi connectivity index (χ0n) is 10.6. The number of rotatable bonds is 4. The standard InChI is InChI=1S/C14H10BrClF2N2O/c15-10-4-11(16)12(18)5-13(10)21-6-7-1-2-8(17)3-9(7)14(19)20/h1-5H,6H2,(H3,19,20). The first-order valence-corrected chi connectivity index (χ1v) is 6.95. The number of hydrogen-bond acceptors (Lipinski definition) is 2. The third-order valence-electron chi connectivity index (χ3n) is 2.72. The Kier molecular flexibility index (Phi) is 4.80. The molecule has 2 rings (SSSR count). The summed E-state index contributed by atoms with van der Waals surface area (Å²) in [5, 5.41) is 7.40. The van der Waals surface area contributed by atoms with Crippen molar-refractivity contribution in [2.45, 2.75) is 6.61 Å². The van der Waals surface area contributed by atoms with Gasteiger partial charge in [-0.2, -0.15) is 0 Å². The minimum Gasteiger partial charge on any atom is -0.488 e. The molecule has 0 aliphatic carbocycles. The first kappa shape index (κ1) is 15.7. The number of hydrogen-bond donors (Lipinski definition) is 2. The van der Waals surface area contributed by atoms with Crippen LogP contribution in [0.15, 0.2) is 34.8 Å². The Morgan fingerprint density at radius 1 is 1.29 bits per heavy atom. The molecule has 0 aliphatic rings. The van der Waals surface area contributed by atoms with Crippen LogP contribution < -0.4 is 10.5 Å².